The zero-order valence-electron chi connectivity index (χ0n) is 14.3. The van der Waals surface area contributed by atoms with Gasteiger partial charge in [-0.3, -0.25) is 4.79 Å². The minimum Gasteiger partial charge on any atom is -0.476 e. The topological polar surface area (TPSA) is 55.3 Å². The molecule has 5 heteroatoms. The normalized spacial score (nSPS) is 19.8. The van der Waals surface area contributed by atoms with Crippen LogP contribution in [0.5, 0.6) is 5.88 Å². The van der Waals surface area contributed by atoms with E-state index < -0.39 is 0 Å². The number of amides is 1. The van der Waals surface area contributed by atoms with Crippen molar-refractivity contribution in [2.75, 3.05) is 13.2 Å². The zero-order valence-corrected chi connectivity index (χ0v) is 14.3. The molecule has 2 heterocycles. The van der Waals surface area contributed by atoms with Crippen molar-refractivity contribution in [2.45, 2.75) is 38.1 Å². The summed E-state index contributed by atoms with van der Waals surface area (Å²) in [5.41, 5.74) is 1.67. The summed E-state index contributed by atoms with van der Waals surface area (Å²) < 4.78 is 5.59. The van der Waals surface area contributed by atoms with E-state index >= 15 is 0 Å². The molecular weight excluding hydrogens is 314 g/mol. The molecule has 0 spiro atoms. The monoisotopic (exact) mass is 337 g/mol. The molecule has 1 amide bonds. The van der Waals surface area contributed by atoms with Crippen molar-refractivity contribution in [1.29, 1.82) is 0 Å². The standard InChI is InChI=1S/C20H23N3O2/c24-20(18-12-22-19(13-21-18)25-14-16-8-9-16)23-10-4-7-17(23)11-15-5-2-1-3-6-15/h1-3,5-6,12-13,16-17H,4,7-11,14H2. The Kier molecular flexibility index (Phi) is 4.63. The smallest absolute Gasteiger partial charge is 0.274 e. The van der Waals surface area contributed by atoms with Gasteiger partial charge in [-0.1, -0.05) is 30.3 Å². The molecular formula is C20H23N3O2. The summed E-state index contributed by atoms with van der Waals surface area (Å²) in [6, 6.07) is 10.6. The molecule has 4 rings (SSSR count). The maximum absolute atomic E-state index is 12.8. The summed E-state index contributed by atoms with van der Waals surface area (Å²) in [5.74, 6) is 1.15. The summed E-state index contributed by atoms with van der Waals surface area (Å²) in [5, 5.41) is 0. The largest absolute Gasteiger partial charge is 0.476 e. The van der Waals surface area contributed by atoms with Crippen molar-refractivity contribution < 1.29 is 9.53 Å². The van der Waals surface area contributed by atoms with Gasteiger partial charge in [0.2, 0.25) is 5.88 Å². The van der Waals surface area contributed by atoms with Crippen LogP contribution in [0.15, 0.2) is 42.7 Å². The molecule has 0 bridgehead atoms. The van der Waals surface area contributed by atoms with E-state index in [1.54, 1.807) is 12.4 Å². The van der Waals surface area contributed by atoms with E-state index in [1.807, 2.05) is 23.1 Å². The maximum Gasteiger partial charge on any atom is 0.274 e. The fourth-order valence-corrected chi connectivity index (χ4v) is 3.34. The highest BCUT2D eigenvalue weighted by Crippen LogP contribution is 2.29. The van der Waals surface area contributed by atoms with Crippen LogP contribution < -0.4 is 4.74 Å². The fraction of sp³-hybridized carbons (Fsp3) is 0.450. The SMILES string of the molecule is O=C(c1cnc(OCC2CC2)cn1)N1CCCC1Cc1ccccc1. The van der Waals surface area contributed by atoms with Crippen molar-refractivity contribution in [3.63, 3.8) is 0 Å². The lowest BCUT2D eigenvalue weighted by atomic mass is 10.0. The number of benzene rings is 1. The van der Waals surface area contributed by atoms with Gasteiger partial charge < -0.3 is 9.64 Å². The number of hydrogen-bond acceptors (Lipinski definition) is 4. The Morgan fingerprint density at radius 3 is 2.68 bits per heavy atom. The Bertz CT molecular complexity index is 713. The van der Waals surface area contributed by atoms with E-state index in [2.05, 4.69) is 22.1 Å². The number of likely N-dealkylation sites (tertiary alicyclic amines) is 1. The van der Waals surface area contributed by atoms with Crippen LogP contribution in [0.1, 0.15) is 41.7 Å². The van der Waals surface area contributed by atoms with Crippen molar-refractivity contribution in [1.82, 2.24) is 14.9 Å². The molecule has 1 atom stereocenters. The van der Waals surface area contributed by atoms with Gasteiger partial charge in [-0.25, -0.2) is 9.97 Å². The maximum atomic E-state index is 12.8. The number of carbonyl (C=O) groups is 1. The molecule has 1 aromatic carbocycles. The summed E-state index contributed by atoms with van der Waals surface area (Å²) in [7, 11) is 0. The first-order valence-electron chi connectivity index (χ1n) is 9.09. The summed E-state index contributed by atoms with van der Waals surface area (Å²) in [6.45, 7) is 1.49. The van der Waals surface area contributed by atoms with Crippen LogP contribution in [-0.2, 0) is 6.42 Å². The van der Waals surface area contributed by atoms with Crippen LogP contribution in [0.25, 0.3) is 0 Å². The molecule has 1 saturated carbocycles. The molecule has 130 valence electrons. The zero-order chi connectivity index (χ0) is 17.1. The highest BCUT2D eigenvalue weighted by molar-refractivity contribution is 5.92. The van der Waals surface area contributed by atoms with Crippen LogP contribution in [0, 0.1) is 5.92 Å². The average molecular weight is 337 g/mol. The first kappa shape index (κ1) is 16.1. The summed E-state index contributed by atoms with van der Waals surface area (Å²) in [4.78, 5) is 23.3. The molecule has 1 unspecified atom stereocenters. The Balaban J connectivity index is 1.40. The summed E-state index contributed by atoms with van der Waals surface area (Å²) in [6.07, 6.45) is 8.56. The van der Waals surface area contributed by atoms with Crippen LogP contribution in [0.4, 0.5) is 0 Å². The van der Waals surface area contributed by atoms with Crippen LogP contribution in [-0.4, -0.2) is 40.0 Å². The van der Waals surface area contributed by atoms with Gasteiger partial charge in [-0.2, -0.15) is 0 Å². The van der Waals surface area contributed by atoms with Gasteiger partial charge >= 0.3 is 0 Å². The molecule has 1 saturated heterocycles. The third-order valence-corrected chi connectivity index (χ3v) is 4.96. The third-order valence-electron chi connectivity index (χ3n) is 4.96. The highest BCUT2D eigenvalue weighted by Gasteiger charge is 2.30. The van der Waals surface area contributed by atoms with Crippen LogP contribution >= 0.6 is 0 Å². The van der Waals surface area contributed by atoms with E-state index in [-0.39, 0.29) is 11.9 Å². The predicted molar refractivity (Wildman–Crippen MR) is 94.5 cm³/mol. The van der Waals surface area contributed by atoms with E-state index in [0.29, 0.717) is 24.1 Å². The lowest BCUT2D eigenvalue weighted by Crippen LogP contribution is -2.37. The molecule has 2 aliphatic rings. The van der Waals surface area contributed by atoms with E-state index in [0.717, 1.165) is 25.8 Å². The van der Waals surface area contributed by atoms with Gasteiger partial charge in [0, 0.05) is 12.6 Å². The number of nitrogens with zero attached hydrogens (tertiary/aromatic N) is 3. The van der Waals surface area contributed by atoms with Crippen LogP contribution in [0.3, 0.4) is 0 Å². The fourth-order valence-electron chi connectivity index (χ4n) is 3.34. The molecule has 0 radical (unpaired) electrons. The lowest BCUT2D eigenvalue weighted by Gasteiger charge is -2.24. The minimum absolute atomic E-state index is 0.0281. The second-order valence-electron chi connectivity index (χ2n) is 6.98. The molecule has 25 heavy (non-hydrogen) atoms. The molecule has 0 N–H and O–H groups in total. The molecule has 2 fully saturated rings. The van der Waals surface area contributed by atoms with Gasteiger partial charge in [0.05, 0.1) is 19.0 Å². The van der Waals surface area contributed by atoms with E-state index in [4.69, 9.17) is 4.74 Å². The Labute approximate surface area is 148 Å². The first-order chi connectivity index (χ1) is 12.3. The average Bonchev–Trinajstić information content (AvgIpc) is 3.38. The molecule has 1 aromatic heterocycles. The Hall–Kier alpha value is -2.43. The second-order valence-corrected chi connectivity index (χ2v) is 6.98. The Morgan fingerprint density at radius 1 is 1.12 bits per heavy atom. The van der Waals surface area contributed by atoms with Gasteiger partial charge in [-0.15, -0.1) is 0 Å². The second kappa shape index (κ2) is 7.21. The van der Waals surface area contributed by atoms with Gasteiger partial charge in [-0.05, 0) is 43.6 Å². The van der Waals surface area contributed by atoms with Gasteiger partial charge in [0.15, 0.2) is 0 Å². The quantitative estimate of drug-likeness (QED) is 0.813. The third kappa shape index (κ3) is 3.98. The van der Waals surface area contributed by atoms with Crippen molar-refractivity contribution in [2.24, 2.45) is 5.92 Å². The Morgan fingerprint density at radius 2 is 1.96 bits per heavy atom. The van der Waals surface area contributed by atoms with Crippen molar-refractivity contribution in [3.05, 3.63) is 54.0 Å². The lowest BCUT2D eigenvalue weighted by molar-refractivity contribution is 0.0730. The molecule has 1 aliphatic carbocycles. The number of carbonyl (C=O) groups excluding carboxylic acids is 1. The van der Waals surface area contributed by atoms with E-state index in [1.165, 1.54) is 18.4 Å². The molecule has 2 aromatic rings. The number of hydrogen-bond donors (Lipinski definition) is 0. The van der Waals surface area contributed by atoms with Crippen molar-refractivity contribution >= 4 is 5.91 Å². The summed E-state index contributed by atoms with van der Waals surface area (Å²) >= 11 is 0. The minimum atomic E-state index is -0.0281. The highest BCUT2D eigenvalue weighted by atomic mass is 16.5. The first-order valence-corrected chi connectivity index (χ1v) is 9.09. The molecule has 5 nitrogen and oxygen atoms in total. The van der Waals surface area contributed by atoms with Crippen molar-refractivity contribution in [3.8, 4) is 5.88 Å². The number of ether oxygens (including phenoxy) is 1. The van der Waals surface area contributed by atoms with Gasteiger partial charge in [0.1, 0.15) is 5.69 Å². The number of aromatic nitrogens is 2. The number of rotatable bonds is 6. The van der Waals surface area contributed by atoms with Crippen LogP contribution in [0.2, 0.25) is 0 Å². The van der Waals surface area contributed by atoms with E-state index in [9.17, 15) is 4.79 Å². The molecule has 1 aliphatic heterocycles. The van der Waals surface area contributed by atoms with Gasteiger partial charge in [0.25, 0.3) is 5.91 Å². The predicted octanol–water partition coefficient (Wildman–Crippen LogP) is 3.11.